The monoisotopic (exact) mass is 358 g/mol. The van der Waals surface area contributed by atoms with Crippen LogP contribution >= 0.6 is 23.2 Å². The van der Waals surface area contributed by atoms with Crippen molar-refractivity contribution in [3.8, 4) is 17.4 Å². The molecule has 2 rings (SSSR count). The minimum Gasteiger partial charge on any atom is -0.479 e. The summed E-state index contributed by atoms with van der Waals surface area (Å²) in [7, 11) is 1.75. The summed E-state index contributed by atoms with van der Waals surface area (Å²) in [4.78, 5) is 10.9. The molecule has 0 aliphatic rings. The molecule has 1 aromatic heterocycles. The molecule has 0 aliphatic carbocycles. The molecular weight excluding hydrogens is 343 g/mol. The van der Waals surface area contributed by atoms with E-state index in [4.69, 9.17) is 37.8 Å². The minimum absolute atomic E-state index is 0.178. The summed E-state index contributed by atoms with van der Waals surface area (Å²) >= 11 is 12.2. The molecule has 8 heteroatoms. The van der Waals surface area contributed by atoms with Gasteiger partial charge in [-0.25, -0.2) is 9.48 Å². The van der Waals surface area contributed by atoms with Gasteiger partial charge in [-0.1, -0.05) is 23.2 Å². The van der Waals surface area contributed by atoms with Gasteiger partial charge >= 0.3 is 5.97 Å². The Labute approximate surface area is 143 Å². The number of hydrogen-bond donors (Lipinski definition) is 1. The molecule has 0 unspecified atom stereocenters. The number of aliphatic carboxylic acids is 1. The third-order valence-corrected chi connectivity index (χ3v) is 3.89. The van der Waals surface area contributed by atoms with Gasteiger partial charge in [0, 0.05) is 18.7 Å². The van der Waals surface area contributed by atoms with E-state index in [1.54, 1.807) is 11.7 Å². The predicted molar refractivity (Wildman–Crippen MR) is 86.9 cm³/mol. The fourth-order valence-electron chi connectivity index (χ4n) is 1.91. The first-order chi connectivity index (χ1) is 10.7. The summed E-state index contributed by atoms with van der Waals surface area (Å²) in [5.74, 6) is -0.0900. The molecule has 1 heterocycles. The minimum atomic E-state index is -1.10. The van der Waals surface area contributed by atoms with Gasteiger partial charge in [-0.05, 0) is 26.8 Å². The SMILES string of the molecule is Cc1nn(C)c(Oc2cc(O[C@@H](C)C(=O)O)c(Cl)cc2Cl)c1C. The molecule has 0 fully saturated rings. The molecule has 0 radical (unpaired) electrons. The van der Waals surface area contributed by atoms with Gasteiger partial charge in [0.25, 0.3) is 0 Å². The number of benzene rings is 1. The summed E-state index contributed by atoms with van der Waals surface area (Å²) in [6.07, 6.45) is -1.05. The van der Waals surface area contributed by atoms with Crippen molar-refractivity contribution in [2.75, 3.05) is 0 Å². The second-order valence-electron chi connectivity index (χ2n) is 5.05. The van der Waals surface area contributed by atoms with Crippen LogP contribution in [0, 0.1) is 13.8 Å². The average Bonchev–Trinajstić information content (AvgIpc) is 2.69. The molecule has 2 aromatic rings. The summed E-state index contributed by atoms with van der Waals surface area (Å²) in [5, 5.41) is 13.7. The van der Waals surface area contributed by atoms with Gasteiger partial charge in [0.2, 0.25) is 5.88 Å². The number of ether oxygens (including phenoxy) is 2. The second kappa shape index (κ2) is 6.68. The van der Waals surface area contributed by atoms with E-state index in [9.17, 15) is 4.79 Å². The van der Waals surface area contributed by atoms with Crippen LogP contribution in [0.4, 0.5) is 0 Å². The fourth-order valence-corrected chi connectivity index (χ4v) is 2.38. The van der Waals surface area contributed by atoms with Crippen LogP contribution in [-0.4, -0.2) is 27.0 Å². The topological polar surface area (TPSA) is 73.6 Å². The van der Waals surface area contributed by atoms with Crippen LogP contribution in [0.5, 0.6) is 17.4 Å². The average molecular weight is 359 g/mol. The maximum atomic E-state index is 10.9. The maximum Gasteiger partial charge on any atom is 0.344 e. The number of aryl methyl sites for hydroxylation is 2. The Kier molecular flexibility index (Phi) is 5.06. The molecule has 1 aromatic carbocycles. The summed E-state index contributed by atoms with van der Waals surface area (Å²) < 4.78 is 12.7. The first kappa shape index (κ1) is 17.4. The van der Waals surface area contributed by atoms with Gasteiger partial charge in [-0.2, -0.15) is 5.10 Å². The molecule has 0 saturated carbocycles. The number of rotatable bonds is 5. The Bertz CT molecular complexity index is 758. The Hall–Kier alpha value is -1.92. The lowest BCUT2D eigenvalue weighted by molar-refractivity contribution is -0.144. The molecule has 0 bridgehead atoms. The fraction of sp³-hybridized carbons (Fsp3) is 0.333. The lowest BCUT2D eigenvalue weighted by Crippen LogP contribution is -2.23. The smallest absolute Gasteiger partial charge is 0.344 e. The van der Waals surface area contributed by atoms with E-state index in [-0.39, 0.29) is 15.8 Å². The quantitative estimate of drug-likeness (QED) is 0.874. The third kappa shape index (κ3) is 3.71. The zero-order chi connectivity index (χ0) is 17.3. The van der Waals surface area contributed by atoms with E-state index in [2.05, 4.69) is 5.10 Å². The molecule has 0 saturated heterocycles. The Morgan fingerprint density at radius 3 is 2.39 bits per heavy atom. The van der Waals surface area contributed by atoms with Gasteiger partial charge in [0.1, 0.15) is 5.75 Å². The molecule has 6 nitrogen and oxygen atoms in total. The number of carboxylic acids is 1. The highest BCUT2D eigenvalue weighted by Crippen LogP contribution is 2.39. The molecular formula is C15H16Cl2N2O4. The Morgan fingerprint density at radius 1 is 1.26 bits per heavy atom. The van der Waals surface area contributed by atoms with E-state index in [1.807, 2.05) is 13.8 Å². The molecule has 0 spiro atoms. The van der Waals surface area contributed by atoms with Crippen LogP contribution in [0.15, 0.2) is 12.1 Å². The van der Waals surface area contributed by atoms with E-state index in [0.717, 1.165) is 11.3 Å². The van der Waals surface area contributed by atoms with Gasteiger partial charge in [-0.15, -0.1) is 0 Å². The third-order valence-electron chi connectivity index (χ3n) is 3.30. The number of halogens is 2. The highest BCUT2D eigenvalue weighted by Gasteiger charge is 2.19. The normalized spacial score (nSPS) is 12.1. The highest BCUT2D eigenvalue weighted by atomic mass is 35.5. The van der Waals surface area contributed by atoms with Crippen molar-refractivity contribution in [2.24, 2.45) is 7.05 Å². The number of aromatic nitrogens is 2. The van der Waals surface area contributed by atoms with E-state index < -0.39 is 12.1 Å². The van der Waals surface area contributed by atoms with Crippen molar-refractivity contribution in [1.29, 1.82) is 0 Å². The standard InChI is InChI=1S/C15H16Cl2N2O4/c1-7-8(2)18-19(4)14(7)23-13-6-12(10(16)5-11(13)17)22-9(3)15(20)21/h5-6,9H,1-4H3,(H,20,21)/t9-/m0/s1. The molecule has 0 aliphatic heterocycles. The summed E-state index contributed by atoms with van der Waals surface area (Å²) in [6.45, 7) is 5.16. The van der Waals surface area contributed by atoms with Crippen LogP contribution in [0.3, 0.4) is 0 Å². The first-order valence-electron chi connectivity index (χ1n) is 6.77. The molecule has 0 amide bonds. The van der Waals surface area contributed by atoms with Gasteiger partial charge in [-0.3, -0.25) is 0 Å². The van der Waals surface area contributed by atoms with Gasteiger partial charge in [0.05, 0.1) is 15.7 Å². The summed E-state index contributed by atoms with van der Waals surface area (Å²) in [5.41, 5.74) is 1.71. The van der Waals surface area contributed by atoms with Crippen molar-refractivity contribution in [2.45, 2.75) is 26.9 Å². The lowest BCUT2D eigenvalue weighted by Gasteiger charge is -2.15. The predicted octanol–water partition coefficient (Wildman–Crippen LogP) is 3.99. The number of nitrogens with zero attached hydrogens (tertiary/aromatic N) is 2. The van der Waals surface area contributed by atoms with Gasteiger partial charge in [0.15, 0.2) is 11.9 Å². The van der Waals surface area contributed by atoms with E-state index in [0.29, 0.717) is 11.6 Å². The Balaban J connectivity index is 2.37. The molecule has 23 heavy (non-hydrogen) atoms. The van der Waals surface area contributed by atoms with Crippen LogP contribution in [0.1, 0.15) is 18.2 Å². The maximum absolute atomic E-state index is 10.9. The second-order valence-corrected chi connectivity index (χ2v) is 5.87. The van der Waals surface area contributed by atoms with Crippen LogP contribution in [0.2, 0.25) is 10.0 Å². The Morgan fingerprint density at radius 2 is 1.87 bits per heavy atom. The van der Waals surface area contributed by atoms with Crippen molar-refractivity contribution in [3.63, 3.8) is 0 Å². The van der Waals surface area contributed by atoms with E-state index in [1.165, 1.54) is 19.1 Å². The van der Waals surface area contributed by atoms with Crippen LogP contribution < -0.4 is 9.47 Å². The van der Waals surface area contributed by atoms with Gasteiger partial charge < -0.3 is 14.6 Å². The summed E-state index contributed by atoms with van der Waals surface area (Å²) in [6, 6.07) is 2.91. The molecule has 124 valence electrons. The number of carboxylic acid groups (broad SMARTS) is 1. The zero-order valence-corrected chi connectivity index (χ0v) is 14.6. The zero-order valence-electron chi connectivity index (χ0n) is 13.1. The lowest BCUT2D eigenvalue weighted by atomic mass is 10.3. The van der Waals surface area contributed by atoms with Crippen molar-refractivity contribution in [3.05, 3.63) is 33.4 Å². The highest BCUT2D eigenvalue weighted by molar-refractivity contribution is 6.36. The van der Waals surface area contributed by atoms with Crippen LogP contribution in [-0.2, 0) is 11.8 Å². The van der Waals surface area contributed by atoms with Crippen molar-refractivity contribution < 1.29 is 19.4 Å². The number of carbonyl (C=O) groups is 1. The largest absolute Gasteiger partial charge is 0.479 e. The van der Waals surface area contributed by atoms with Crippen molar-refractivity contribution >= 4 is 29.2 Å². The number of hydrogen-bond acceptors (Lipinski definition) is 4. The molecule has 1 N–H and O–H groups in total. The van der Waals surface area contributed by atoms with Crippen LogP contribution in [0.25, 0.3) is 0 Å². The van der Waals surface area contributed by atoms with E-state index >= 15 is 0 Å². The molecule has 1 atom stereocenters. The van der Waals surface area contributed by atoms with Crippen molar-refractivity contribution in [1.82, 2.24) is 9.78 Å². The first-order valence-corrected chi connectivity index (χ1v) is 7.52.